The fourth-order valence-electron chi connectivity index (χ4n) is 4.90. The number of anilines is 1. The minimum Gasteiger partial charge on any atom is -0.361 e. The molecule has 1 aliphatic heterocycles. The maximum absolute atomic E-state index is 14.0. The van der Waals surface area contributed by atoms with Gasteiger partial charge in [-0.15, -0.1) is 0 Å². The van der Waals surface area contributed by atoms with E-state index >= 15 is 0 Å². The summed E-state index contributed by atoms with van der Waals surface area (Å²) in [5, 5.41) is 5.19. The van der Waals surface area contributed by atoms with Crippen LogP contribution in [0.25, 0.3) is 21.8 Å². The minimum absolute atomic E-state index is 0.0464. The first-order chi connectivity index (χ1) is 15.0. The van der Waals surface area contributed by atoms with Crippen LogP contribution in [0.5, 0.6) is 0 Å². The van der Waals surface area contributed by atoms with Crippen LogP contribution in [0.3, 0.4) is 0 Å². The summed E-state index contributed by atoms with van der Waals surface area (Å²) < 4.78 is 1.95. The lowest BCUT2D eigenvalue weighted by Gasteiger charge is -2.28. The highest BCUT2D eigenvalue weighted by Gasteiger charge is 2.52. The number of rotatable bonds is 2. The van der Waals surface area contributed by atoms with E-state index in [9.17, 15) is 4.79 Å². The fourth-order valence-corrected chi connectivity index (χ4v) is 5.62. The van der Waals surface area contributed by atoms with E-state index in [0.29, 0.717) is 0 Å². The molecule has 1 amide bonds. The van der Waals surface area contributed by atoms with E-state index in [1.54, 1.807) is 0 Å². The number of hydrogen-bond acceptors (Lipinski definition) is 1. The molecular weight excluding hydrogens is 518 g/mol. The Morgan fingerprint density at radius 1 is 0.742 bits per heavy atom. The van der Waals surface area contributed by atoms with Crippen molar-refractivity contribution in [1.29, 1.82) is 0 Å². The molecule has 4 nitrogen and oxygen atoms in total. The normalized spacial score (nSPS) is 14.9. The summed E-state index contributed by atoms with van der Waals surface area (Å²) in [7, 11) is 0. The Bertz CT molecular complexity index is 1450. The van der Waals surface area contributed by atoms with Crippen LogP contribution >= 0.6 is 31.9 Å². The average Bonchev–Trinajstić information content (AvgIpc) is 3.42. The second-order valence-corrected chi connectivity index (χ2v) is 9.87. The van der Waals surface area contributed by atoms with E-state index in [-0.39, 0.29) is 5.91 Å². The van der Waals surface area contributed by atoms with Crippen molar-refractivity contribution >= 4 is 65.3 Å². The van der Waals surface area contributed by atoms with Gasteiger partial charge in [0.15, 0.2) is 0 Å². The first-order valence-corrected chi connectivity index (χ1v) is 11.5. The molecule has 5 aromatic rings. The van der Waals surface area contributed by atoms with Gasteiger partial charge < -0.3 is 15.3 Å². The Morgan fingerprint density at radius 3 is 1.90 bits per heavy atom. The molecule has 0 radical (unpaired) electrons. The van der Waals surface area contributed by atoms with Crippen LogP contribution < -0.4 is 5.32 Å². The zero-order valence-electron chi connectivity index (χ0n) is 16.5. The number of halogens is 2. The summed E-state index contributed by atoms with van der Waals surface area (Å²) in [6, 6.07) is 18.4. The second-order valence-electron chi connectivity index (χ2n) is 8.04. The van der Waals surface area contributed by atoms with Gasteiger partial charge in [-0.05, 0) is 49.4 Å². The third kappa shape index (κ3) is 2.55. The van der Waals surface area contributed by atoms with E-state index in [1.807, 2.05) is 48.8 Å². The van der Waals surface area contributed by atoms with Crippen LogP contribution in [-0.4, -0.2) is 15.9 Å². The van der Waals surface area contributed by atoms with Crippen LogP contribution in [0.2, 0.25) is 0 Å². The molecule has 2 aromatic heterocycles. The standard InChI is InChI=1S/C25H17Br2N3O/c1-13-2-5-23-18(8-13)25(24(31)30-23,19-11-28-21-6-3-14(26)9-16(19)21)20-12-29-22-7-4-15(27)10-17(20)22/h2-12,28-29H,1H3,(H,30,31). The SMILES string of the molecule is Cc1ccc2c(c1)C(c1c[nH]c3ccc(Br)cc13)(c1c[nH]c3ccc(Br)cc13)C(=O)N2. The lowest BCUT2D eigenvalue weighted by molar-refractivity contribution is -0.118. The summed E-state index contributed by atoms with van der Waals surface area (Å²) in [6.07, 6.45) is 3.95. The first kappa shape index (κ1) is 18.9. The minimum atomic E-state index is -0.987. The summed E-state index contributed by atoms with van der Waals surface area (Å²) in [5.74, 6) is -0.0464. The van der Waals surface area contributed by atoms with E-state index in [2.05, 4.69) is 72.3 Å². The zero-order valence-corrected chi connectivity index (χ0v) is 19.7. The van der Waals surface area contributed by atoms with Gasteiger partial charge in [-0.1, -0.05) is 49.6 Å². The summed E-state index contributed by atoms with van der Waals surface area (Å²) in [4.78, 5) is 20.7. The molecule has 0 saturated carbocycles. The van der Waals surface area contributed by atoms with Crippen LogP contribution in [0.4, 0.5) is 5.69 Å². The van der Waals surface area contributed by atoms with Crippen molar-refractivity contribution in [2.45, 2.75) is 12.3 Å². The number of benzene rings is 3. The van der Waals surface area contributed by atoms with E-state index in [4.69, 9.17) is 0 Å². The topological polar surface area (TPSA) is 60.7 Å². The Kier molecular flexibility index (Phi) is 4.01. The summed E-state index contributed by atoms with van der Waals surface area (Å²) in [5.41, 5.74) is 5.81. The van der Waals surface area contributed by atoms with E-state index in [0.717, 1.165) is 58.7 Å². The summed E-state index contributed by atoms with van der Waals surface area (Å²) >= 11 is 7.21. The molecule has 0 aliphatic carbocycles. The number of carbonyl (C=O) groups excluding carboxylic acids is 1. The van der Waals surface area contributed by atoms with Gasteiger partial charge in [0.1, 0.15) is 5.41 Å². The third-order valence-corrected chi connectivity index (χ3v) is 7.25. The van der Waals surface area contributed by atoms with Gasteiger partial charge in [-0.3, -0.25) is 4.79 Å². The molecule has 3 heterocycles. The number of carbonyl (C=O) groups is 1. The number of hydrogen-bond donors (Lipinski definition) is 3. The van der Waals surface area contributed by atoms with Crippen molar-refractivity contribution < 1.29 is 4.79 Å². The molecule has 0 bridgehead atoms. The number of nitrogens with one attached hydrogen (secondary N) is 3. The van der Waals surface area contributed by atoms with Crippen LogP contribution in [0.15, 0.2) is 75.9 Å². The largest absolute Gasteiger partial charge is 0.361 e. The predicted octanol–water partition coefficient (Wildman–Crippen LogP) is 6.77. The van der Waals surface area contributed by atoms with Gasteiger partial charge in [0.2, 0.25) is 5.91 Å². The highest BCUT2D eigenvalue weighted by atomic mass is 79.9. The van der Waals surface area contributed by atoms with Gasteiger partial charge in [-0.2, -0.15) is 0 Å². The Balaban J connectivity index is 1.80. The van der Waals surface area contributed by atoms with Crippen molar-refractivity contribution in [3.8, 4) is 0 Å². The molecule has 0 saturated heterocycles. The molecule has 6 rings (SSSR count). The number of fused-ring (bicyclic) bond motifs is 3. The fraction of sp³-hybridized carbons (Fsp3) is 0.0800. The number of aromatic amines is 2. The molecule has 0 fully saturated rings. The molecule has 3 aromatic carbocycles. The Hall–Kier alpha value is -2.83. The lowest BCUT2D eigenvalue weighted by Crippen LogP contribution is -2.36. The monoisotopic (exact) mass is 533 g/mol. The van der Waals surface area contributed by atoms with Gasteiger partial charge >= 0.3 is 0 Å². The van der Waals surface area contributed by atoms with Crippen LogP contribution in [0.1, 0.15) is 22.3 Å². The van der Waals surface area contributed by atoms with Crippen molar-refractivity contribution in [2.75, 3.05) is 5.32 Å². The van der Waals surface area contributed by atoms with Gasteiger partial charge in [-0.25, -0.2) is 0 Å². The smallest absolute Gasteiger partial charge is 0.244 e. The van der Waals surface area contributed by atoms with Crippen molar-refractivity contribution in [1.82, 2.24) is 9.97 Å². The first-order valence-electron chi connectivity index (χ1n) is 9.95. The van der Waals surface area contributed by atoms with Crippen molar-refractivity contribution in [3.63, 3.8) is 0 Å². The third-order valence-electron chi connectivity index (χ3n) is 6.26. The van der Waals surface area contributed by atoms with Gasteiger partial charge in [0.05, 0.1) is 0 Å². The number of amides is 1. The van der Waals surface area contributed by atoms with E-state index in [1.165, 1.54) is 0 Å². The second kappa shape index (κ2) is 6.58. The maximum atomic E-state index is 14.0. The molecule has 1 aliphatic rings. The highest BCUT2D eigenvalue weighted by molar-refractivity contribution is 9.10. The van der Waals surface area contributed by atoms with E-state index < -0.39 is 5.41 Å². The van der Waals surface area contributed by atoms with Gasteiger partial charge in [0.25, 0.3) is 0 Å². The Morgan fingerprint density at radius 2 is 1.32 bits per heavy atom. The molecule has 0 spiro atoms. The average molecular weight is 535 g/mol. The molecular formula is C25H17Br2N3O. The molecule has 31 heavy (non-hydrogen) atoms. The van der Waals surface area contributed by atoms with Gasteiger partial charge in [0, 0.05) is 65.5 Å². The summed E-state index contributed by atoms with van der Waals surface area (Å²) in [6.45, 7) is 2.06. The predicted molar refractivity (Wildman–Crippen MR) is 132 cm³/mol. The number of aromatic nitrogens is 2. The van der Waals surface area contributed by atoms with Crippen molar-refractivity contribution in [3.05, 3.63) is 98.2 Å². The molecule has 152 valence electrons. The Labute approximate surface area is 195 Å². The van der Waals surface area contributed by atoms with Crippen LogP contribution in [0, 0.1) is 6.92 Å². The number of H-pyrrole nitrogens is 2. The lowest BCUT2D eigenvalue weighted by atomic mass is 9.70. The maximum Gasteiger partial charge on any atom is 0.244 e. The van der Waals surface area contributed by atoms with Crippen LogP contribution in [-0.2, 0) is 10.2 Å². The van der Waals surface area contributed by atoms with Crippen molar-refractivity contribution in [2.24, 2.45) is 0 Å². The molecule has 0 atom stereocenters. The number of aryl methyl sites for hydroxylation is 1. The quantitative estimate of drug-likeness (QED) is 0.230. The highest BCUT2D eigenvalue weighted by Crippen LogP contribution is 2.51. The zero-order chi connectivity index (χ0) is 21.3. The molecule has 0 unspecified atom stereocenters. The molecule has 3 N–H and O–H groups in total. The molecule has 6 heteroatoms.